The van der Waals surface area contributed by atoms with Crippen molar-refractivity contribution in [1.82, 2.24) is 0 Å². The molecule has 2 N–H and O–H groups in total. The normalized spacial score (nSPS) is 54.5. The summed E-state index contributed by atoms with van der Waals surface area (Å²) in [5, 5.41) is 0. The second-order valence-electron chi connectivity index (χ2n) is 5.60. The molecule has 0 radical (unpaired) electrons. The predicted octanol–water partition coefficient (Wildman–Crippen LogP) is 2.30. The van der Waals surface area contributed by atoms with Crippen molar-refractivity contribution in [3.63, 3.8) is 0 Å². The molecule has 0 amide bonds. The standard InChI is InChI=1S/C11H19N/c1-10-6-3-8(7-10)9(12)11(10)4-2-5-11/h8-9H,2-7,12H2,1H3. The molecule has 0 heterocycles. The summed E-state index contributed by atoms with van der Waals surface area (Å²) in [6.07, 6.45) is 8.62. The molecule has 0 aliphatic heterocycles. The quantitative estimate of drug-likeness (QED) is 0.585. The van der Waals surface area contributed by atoms with Gasteiger partial charge in [-0.15, -0.1) is 0 Å². The summed E-state index contributed by atoms with van der Waals surface area (Å²) in [5.74, 6) is 0.885. The van der Waals surface area contributed by atoms with Gasteiger partial charge in [-0.3, -0.25) is 0 Å². The van der Waals surface area contributed by atoms with Gasteiger partial charge in [0.25, 0.3) is 0 Å². The van der Waals surface area contributed by atoms with Crippen LogP contribution in [0.3, 0.4) is 0 Å². The average molecular weight is 165 g/mol. The number of fused-ring (bicyclic) bond motifs is 3. The fraction of sp³-hybridized carbons (Fsp3) is 1.00. The Morgan fingerprint density at radius 2 is 2.00 bits per heavy atom. The van der Waals surface area contributed by atoms with Gasteiger partial charge in [0, 0.05) is 6.04 Å². The van der Waals surface area contributed by atoms with Crippen LogP contribution in [-0.2, 0) is 0 Å². The maximum absolute atomic E-state index is 6.35. The van der Waals surface area contributed by atoms with Crippen molar-refractivity contribution in [2.24, 2.45) is 22.5 Å². The van der Waals surface area contributed by atoms with Gasteiger partial charge < -0.3 is 5.73 Å². The Kier molecular flexibility index (Phi) is 1.16. The second-order valence-corrected chi connectivity index (χ2v) is 5.60. The number of nitrogens with two attached hydrogens (primary N) is 1. The number of rotatable bonds is 0. The number of hydrogen-bond donors (Lipinski definition) is 1. The van der Waals surface area contributed by atoms with Crippen LogP contribution in [0, 0.1) is 16.7 Å². The molecule has 3 unspecified atom stereocenters. The molecular formula is C11H19N. The molecule has 3 rings (SSSR count). The monoisotopic (exact) mass is 165 g/mol. The Hall–Kier alpha value is -0.0400. The van der Waals surface area contributed by atoms with E-state index in [-0.39, 0.29) is 0 Å². The van der Waals surface area contributed by atoms with Gasteiger partial charge in [-0.05, 0) is 48.9 Å². The highest BCUT2D eigenvalue weighted by atomic mass is 14.8. The van der Waals surface area contributed by atoms with E-state index in [1.807, 2.05) is 0 Å². The van der Waals surface area contributed by atoms with E-state index in [0.717, 1.165) is 5.92 Å². The Balaban J connectivity index is 2.02. The summed E-state index contributed by atoms with van der Waals surface area (Å²) >= 11 is 0. The summed E-state index contributed by atoms with van der Waals surface area (Å²) in [7, 11) is 0. The summed E-state index contributed by atoms with van der Waals surface area (Å²) in [6, 6.07) is 0.560. The Morgan fingerprint density at radius 3 is 2.33 bits per heavy atom. The minimum absolute atomic E-state index is 0.560. The molecule has 3 saturated carbocycles. The predicted molar refractivity (Wildman–Crippen MR) is 49.7 cm³/mol. The zero-order chi connectivity index (χ0) is 8.40. The van der Waals surface area contributed by atoms with E-state index in [4.69, 9.17) is 5.73 Å². The molecule has 0 saturated heterocycles. The highest BCUT2D eigenvalue weighted by Crippen LogP contribution is 2.70. The van der Waals surface area contributed by atoms with Gasteiger partial charge in [-0.25, -0.2) is 0 Å². The van der Waals surface area contributed by atoms with Crippen LogP contribution < -0.4 is 5.73 Å². The van der Waals surface area contributed by atoms with Crippen LogP contribution in [0.2, 0.25) is 0 Å². The fourth-order valence-corrected chi connectivity index (χ4v) is 4.39. The Bertz CT molecular complexity index is 219. The smallest absolute Gasteiger partial charge is 0.0129 e. The minimum Gasteiger partial charge on any atom is -0.327 e. The van der Waals surface area contributed by atoms with Crippen molar-refractivity contribution < 1.29 is 0 Å². The molecule has 0 aromatic carbocycles. The van der Waals surface area contributed by atoms with E-state index < -0.39 is 0 Å². The lowest BCUT2D eigenvalue weighted by Gasteiger charge is -2.55. The first-order chi connectivity index (χ1) is 5.68. The SMILES string of the molecule is CC12CCC(C1)C(N)C21CCC1. The van der Waals surface area contributed by atoms with Gasteiger partial charge in [0.1, 0.15) is 0 Å². The maximum atomic E-state index is 6.35. The molecule has 3 aliphatic carbocycles. The first-order valence-electron chi connectivity index (χ1n) is 5.44. The maximum Gasteiger partial charge on any atom is 0.0129 e. The molecule has 1 spiro atoms. The van der Waals surface area contributed by atoms with E-state index in [0.29, 0.717) is 16.9 Å². The van der Waals surface area contributed by atoms with E-state index >= 15 is 0 Å². The van der Waals surface area contributed by atoms with Crippen molar-refractivity contribution >= 4 is 0 Å². The lowest BCUT2D eigenvalue weighted by molar-refractivity contribution is -0.0289. The summed E-state index contributed by atoms with van der Waals surface area (Å²) in [4.78, 5) is 0. The van der Waals surface area contributed by atoms with Crippen molar-refractivity contribution in [2.45, 2.75) is 51.5 Å². The summed E-state index contributed by atoms with van der Waals surface area (Å²) in [6.45, 7) is 2.50. The molecule has 0 aromatic rings. The first kappa shape index (κ1) is 7.37. The first-order valence-corrected chi connectivity index (χ1v) is 5.44. The molecule has 3 aliphatic rings. The highest BCUT2D eigenvalue weighted by Gasteiger charge is 2.65. The third-order valence-electron chi connectivity index (χ3n) is 5.37. The van der Waals surface area contributed by atoms with E-state index in [1.165, 1.54) is 38.5 Å². The second kappa shape index (κ2) is 1.89. The van der Waals surface area contributed by atoms with Crippen molar-refractivity contribution in [3.8, 4) is 0 Å². The van der Waals surface area contributed by atoms with Crippen LogP contribution in [0.15, 0.2) is 0 Å². The van der Waals surface area contributed by atoms with Gasteiger partial charge in [-0.1, -0.05) is 13.3 Å². The van der Waals surface area contributed by atoms with Crippen LogP contribution in [-0.4, -0.2) is 6.04 Å². The molecule has 2 bridgehead atoms. The van der Waals surface area contributed by atoms with Crippen molar-refractivity contribution in [1.29, 1.82) is 0 Å². The molecular weight excluding hydrogens is 146 g/mol. The fourth-order valence-electron chi connectivity index (χ4n) is 4.39. The van der Waals surface area contributed by atoms with Gasteiger partial charge in [-0.2, -0.15) is 0 Å². The lowest BCUT2D eigenvalue weighted by atomic mass is 9.51. The largest absolute Gasteiger partial charge is 0.327 e. The van der Waals surface area contributed by atoms with Crippen LogP contribution in [0.1, 0.15) is 45.4 Å². The van der Waals surface area contributed by atoms with Crippen molar-refractivity contribution in [2.75, 3.05) is 0 Å². The van der Waals surface area contributed by atoms with Crippen LogP contribution >= 0.6 is 0 Å². The lowest BCUT2D eigenvalue weighted by Crippen LogP contribution is -2.54. The topological polar surface area (TPSA) is 26.0 Å². The van der Waals surface area contributed by atoms with Crippen molar-refractivity contribution in [3.05, 3.63) is 0 Å². The zero-order valence-electron chi connectivity index (χ0n) is 7.97. The minimum atomic E-state index is 0.560. The Labute approximate surface area is 74.7 Å². The van der Waals surface area contributed by atoms with E-state index in [1.54, 1.807) is 0 Å². The number of hydrogen-bond acceptors (Lipinski definition) is 1. The third-order valence-corrected chi connectivity index (χ3v) is 5.37. The summed E-state index contributed by atoms with van der Waals surface area (Å²) in [5.41, 5.74) is 7.60. The molecule has 1 nitrogen and oxygen atoms in total. The molecule has 12 heavy (non-hydrogen) atoms. The van der Waals surface area contributed by atoms with Gasteiger partial charge in [0.2, 0.25) is 0 Å². The zero-order valence-corrected chi connectivity index (χ0v) is 7.97. The third kappa shape index (κ3) is 0.555. The Morgan fingerprint density at radius 1 is 1.25 bits per heavy atom. The molecule has 0 aromatic heterocycles. The average Bonchev–Trinajstić information content (AvgIpc) is 2.37. The van der Waals surface area contributed by atoms with Gasteiger partial charge >= 0.3 is 0 Å². The molecule has 3 atom stereocenters. The van der Waals surface area contributed by atoms with Gasteiger partial charge in [0.05, 0.1) is 0 Å². The van der Waals surface area contributed by atoms with Crippen LogP contribution in [0.4, 0.5) is 0 Å². The van der Waals surface area contributed by atoms with Crippen LogP contribution in [0.25, 0.3) is 0 Å². The van der Waals surface area contributed by atoms with E-state index in [2.05, 4.69) is 6.92 Å². The highest BCUT2D eigenvalue weighted by molar-refractivity contribution is 5.17. The van der Waals surface area contributed by atoms with Gasteiger partial charge in [0.15, 0.2) is 0 Å². The summed E-state index contributed by atoms with van der Waals surface area (Å²) < 4.78 is 0. The molecule has 68 valence electrons. The molecule has 3 fully saturated rings. The van der Waals surface area contributed by atoms with Crippen LogP contribution in [0.5, 0.6) is 0 Å². The molecule has 1 heteroatoms. The van der Waals surface area contributed by atoms with E-state index in [9.17, 15) is 0 Å².